The summed E-state index contributed by atoms with van der Waals surface area (Å²) in [6.45, 7) is 3.81. The number of hydrogen-bond donors (Lipinski definition) is 1. The SMILES string of the molecule is C=CCN1C(=O)/C(=C/C(=C/N(C)C)Oc2ccccc2)C(=O)NC1=S. The molecule has 1 aliphatic rings. The van der Waals surface area contributed by atoms with Crippen molar-refractivity contribution in [3.05, 3.63) is 66.6 Å². The third-order valence-electron chi connectivity index (χ3n) is 3.15. The Morgan fingerprint density at radius 3 is 2.60 bits per heavy atom. The molecule has 1 N–H and O–H groups in total. The lowest BCUT2D eigenvalue weighted by Gasteiger charge is -2.28. The van der Waals surface area contributed by atoms with Gasteiger partial charge in [0, 0.05) is 32.9 Å². The van der Waals surface area contributed by atoms with Crippen LogP contribution in [0.15, 0.2) is 66.6 Å². The Hall–Kier alpha value is -2.93. The average molecular weight is 357 g/mol. The zero-order valence-electron chi connectivity index (χ0n) is 14.1. The summed E-state index contributed by atoms with van der Waals surface area (Å²) in [5.41, 5.74) is -0.0560. The van der Waals surface area contributed by atoms with Gasteiger partial charge in [0.25, 0.3) is 11.8 Å². The minimum absolute atomic E-state index is 0.0560. The Balaban J connectivity index is 2.36. The number of carbonyl (C=O) groups excluding carboxylic acids is 2. The Kier molecular flexibility index (Phi) is 6.08. The minimum Gasteiger partial charge on any atom is -0.456 e. The number of amides is 2. The van der Waals surface area contributed by atoms with E-state index in [2.05, 4.69) is 11.9 Å². The number of nitrogens with one attached hydrogen (secondary N) is 1. The van der Waals surface area contributed by atoms with Crippen molar-refractivity contribution in [2.45, 2.75) is 0 Å². The highest BCUT2D eigenvalue weighted by Gasteiger charge is 2.33. The molecule has 1 aliphatic heterocycles. The number of para-hydroxylation sites is 1. The molecule has 0 bridgehead atoms. The largest absolute Gasteiger partial charge is 0.456 e. The number of thiocarbonyl (C=S) groups is 1. The third kappa shape index (κ3) is 4.77. The number of hydrogen-bond acceptors (Lipinski definition) is 5. The third-order valence-corrected chi connectivity index (χ3v) is 3.47. The highest BCUT2D eigenvalue weighted by Crippen LogP contribution is 2.17. The summed E-state index contributed by atoms with van der Waals surface area (Å²) in [7, 11) is 3.63. The molecule has 1 aromatic rings. The summed E-state index contributed by atoms with van der Waals surface area (Å²) in [6.07, 6.45) is 4.62. The molecule has 25 heavy (non-hydrogen) atoms. The smallest absolute Gasteiger partial charge is 0.266 e. The van der Waals surface area contributed by atoms with E-state index in [1.165, 1.54) is 17.1 Å². The van der Waals surface area contributed by atoms with Crippen molar-refractivity contribution < 1.29 is 14.3 Å². The normalized spacial score (nSPS) is 16.7. The van der Waals surface area contributed by atoms with Gasteiger partial charge in [0.2, 0.25) is 0 Å². The van der Waals surface area contributed by atoms with Crippen LogP contribution in [0.5, 0.6) is 5.75 Å². The molecule has 0 spiro atoms. The molecule has 0 radical (unpaired) electrons. The maximum Gasteiger partial charge on any atom is 0.266 e. The van der Waals surface area contributed by atoms with Crippen molar-refractivity contribution in [3.63, 3.8) is 0 Å². The first-order valence-electron chi connectivity index (χ1n) is 7.53. The number of allylic oxidation sites excluding steroid dienone is 1. The number of ether oxygens (including phenoxy) is 1. The van der Waals surface area contributed by atoms with Crippen molar-refractivity contribution >= 4 is 29.1 Å². The molecule has 0 saturated carbocycles. The second-order valence-corrected chi connectivity index (χ2v) is 5.82. The van der Waals surface area contributed by atoms with Crippen molar-refractivity contribution in [1.29, 1.82) is 0 Å². The van der Waals surface area contributed by atoms with Gasteiger partial charge in [0.05, 0.1) is 0 Å². The van der Waals surface area contributed by atoms with Crippen LogP contribution in [0, 0.1) is 0 Å². The molecule has 1 saturated heterocycles. The van der Waals surface area contributed by atoms with Crippen LogP contribution in [0.1, 0.15) is 0 Å². The lowest BCUT2D eigenvalue weighted by Crippen LogP contribution is -2.54. The number of nitrogens with zero attached hydrogens (tertiary/aromatic N) is 2. The van der Waals surface area contributed by atoms with Crippen molar-refractivity contribution in [3.8, 4) is 5.75 Å². The Morgan fingerprint density at radius 1 is 1.32 bits per heavy atom. The van der Waals surface area contributed by atoms with E-state index in [4.69, 9.17) is 17.0 Å². The monoisotopic (exact) mass is 357 g/mol. The fourth-order valence-corrected chi connectivity index (χ4v) is 2.35. The first kappa shape index (κ1) is 18.4. The zero-order valence-corrected chi connectivity index (χ0v) is 14.9. The van der Waals surface area contributed by atoms with E-state index in [0.29, 0.717) is 11.5 Å². The Morgan fingerprint density at radius 2 is 2.00 bits per heavy atom. The van der Waals surface area contributed by atoms with E-state index in [9.17, 15) is 9.59 Å². The topological polar surface area (TPSA) is 61.9 Å². The van der Waals surface area contributed by atoms with Crippen LogP contribution >= 0.6 is 12.2 Å². The molecule has 1 heterocycles. The molecule has 2 amide bonds. The Labute approximate surface area is 152 Å². The molecular formula is C18H19N3O3S. The van der Waals surface area contributed by atoms with E-state index >= 15 is 0 Å². The molecule has 0 aromatic heterocycles. The highest BCUT2D eigenvalue weighted by molar-refractivity contribution is 7.80. The van der Waals surface area contributed by atoms with Gasteiger partial charge in [0.15, 0.2) is 5.11 Å². The predicted octanol–water partition coefficient (Wildman–Crippen LogP) is 1.82. The van der Waals surface area contributed by atoms with Crippen LogP contribution in [-0.2, 0) is 9.59 Å². The van der Waals surface area contributed by atoms with Gasteiger partial charge in [-0.25, -0.2) is 0 Å². The van der Waals surface area contributed by atoms with Crippen molar-refractivity contribution in [2.24, 2.45) is 0 Å². The molecule has 6 nitrogen and oxygen atoms in total. The number of benzene rings is 1. The highest BCUT2D eigenvalue weighted by atomic mass is 32.1. The average Bonchev–Trinajstić information content (AvgIpc) is 2.55. The molecule has 130 valence electrons. The number of carbonyl (C=O) groups is 2. The van der Waals surface area contributed by atoms with Crippen LogP contribution < -0.4 is 10.1 Å². The number of rotatable bonds is 6. The molecule has 0 atom stereocenters. The quantitative estimate of drug-likeness (QED) is 0.277. The molecule has 2 rings (SSSR count). The molecule has 0 unspecified atom stereocenters. The van der Waals surface area contributed by atoms with E-state index in [1.54, 1.807) is 23.2 Å². The molecule has 0 aliphatic carbocycles. The van der Waals surface area contributed by atoms with Crippen LogP contribution in [0.2, 0.25) is 0 Å². The summed E-state index contributed by atoms with van der Waals surface area (Å²) in [5.74, 6) is -0.109. The molecular weight excluding hydrogens is 338 g/mol. The van der Waals surface area contributed by atoms with Gasteiger partial charge in [-0.15, -0.1) is 6.58 Å². The second kappa shape index (κ2) is 8.25. The van der Waals surface area contributed by atoms with Gasteiger partial charge >= 0.3 is 0 Å². The predicted molar refractivity (Wildman–Crippen MR) is 99.6 cm³/mol. The molecule has 1 fully saturated rings. The van der Waals surface area contributed by atoms with Crippen LogP contribution in [0.25, 0.3) is 0 Å². The van der Waals surface area contributed by atoms with Gasteiger partial charge in [-0.3, -0.25) is 19.8 Å². The lowest BCUT2D eigenvalue weighted by atomic mass is 10.1. The van der Waals surface area contributed by atoms with Gasteiger partial charge in [-0.05, 0) is 24.4 Å². The fourth-order valence-electron chi connectivity index (χ4n) is 2.10. The summed E-state index contributed by atoms with van der Waals surface area (Å²) >= 11 is 5.03. The van der Waals surface area contributed by atoms with E-state index in [1.807, 2.05) is 32.3 Å². The molecule has 1 aromatic carbocycles. The summed E-state index contributed by atoms with van der Waals surface area (Å²) in [4.78, 5) is 27.8. The molecule has 7 heteroatoms. The van der Waals surface area contributed by atoms with Gasteiger partial charge < -0.3 is 9.64 Å². The summed E-state index contributed by atoms with van der Waals surface area (Å²) in [5, 5.41) is 2.57. The van der Waals surface area contributed by atoms with Crippen LogP contribution in [0.4, 0.5) is 0 Å². The first-order chi connectivity index (χ1) is 11.9. The van der Waals surface area contributed by atoms with Crippen LogP contribution in [0.3, 0.4) is 0 Å². The van der Waals surface area contributed by atoms with E-state index in [-0.39, 0.29) is 17.2 Å². The summed E-state index contributed by atoms with van der Waals surface area (Å²) in [6, 6.07) is 9.09. The maximum atomic E-state index is 12.6. The standard InChI is InChI=1S/C18H19N3O3S/c1-4-10-21-17(23)15(16(22)19-18(21)25)11-14(12-20(2)3)24-13-8-6-5-7-9-13/h4-9,11-12H,1,10H2,2-3H3,(H,19,22,25)/b14-12-,15-11+. The van der Waals surface area contributed by atoms with E-state index < -0.39 is 11.8 Å². The van der Waals surface area contributed by atoms with Crippen LogP contribution in [-0.4, -0.2) is 47.4 Å². The van der Waals surface area contributed by atoms with Crippen molar-refractivity contribution in [2.75, 3.05) is 20.6 Å². The first-order valence-corrected chi connectivity index (χ1v) is 7.94. The zero-order chi connectivity index (χ0) is 18.4. The van der Waals surface area contributed by atoms with E-state index in [0.717, 1.165) is 0 Å². The van der Waals surface area contributed by atoms with Gasteiger partial charge in [0.1, 0.15) is 17.1 Å². The fraction of sp³-hybridized carbons (Fsp3) is 0.167. The summed E-state index contributed by atoms with van der Waals surface area (Å²) < 4.78 is 5.79. The lowest BCUT2D eigenvalue weighted by molar-refractivity contribution is -0.128. The van der Waals surface area contributed by atoms with Gasteiger partial charge in [-0.1, -0.05) is 24.3 Å². The maximum absolute atomic E-state index is 12.6. The van der Waals surface area contributed by atoms with Crippen molar-refractivity contribution in [1.82, 2.24) is 15.1 Å². The minimum atomic E-state index is -0.559. The second-order valence-electron chi connectivity index (χ2n) is 5.43. The van der Waals surface area contributed by atoms with Gasteiger partial charge in [-0.2, -0.15) is 0 Å². The Bertz CT molecular complexity index is 754.